The molecule has 0 spiro atoms. The fraction of sp³-hybridized carbons (Fsp3) is 0.333. The van der Waals surface area contributed by atoms with Gasteiger partial charge in [-0.15, -0.1) is 0 Å². The molecule has 1 unspecified atom stereocenters. The molecule has 2 aromatic rings. The van der Waals surface area contributed by atoms with E-state index in [-0.39, 0.29) is 0 Å². The Balaban J connectivity index is 1.94. The third-order valence-corrected chi connectivity index (χ3v) is 4.51. The first-order valence-electron chi connectivity index (χ1n) is 7.40. The molecule has 0 saturated heterocycles. The standard InChI is InChI=1S/C18H20BrNO/c1-12-5-3-6-15-17(7-4-10-21-18(12)15)20-16-9-8-14(19)11-13(16)2/h3,5-6,8-9,11,17,20H,4,7,10H2,1-2H3. The number of aryl methyl sites for hydroxylation is 2. The summed E-state index contributed by atoms with van der Waals surface area (Å²) in [6.45, 7) is 5.05. The van der Waals surface area contributed by atoms with Gasteiger partial charge in [-0.1, -0.05) is 34.1 Å². The number of nitrogens with one attached hydrogen (secondary N) is 1. The Bertz CT molecular complexity index is 654. The van der Waals surface area contributed by atoms with Crippen LogP contribution in [0.5, 0.6) is 5.75 Å². The second-order valence-corrected chi connectivity index (χ2v) is 6.56. The first kappa shape index (κ1) is 14.5. The second kappa shape index (κ2) is 6.10. The number of hydrogen-bond donors (Lipinski definition) is 1. The monoisotopic (exact) mass is 345 g/mol. The summed E-state index contributed by atoms with van der Waals surface area (Å²) in [5, 5.41) is 3.70. The smallest absolute Gasteiger partial charge is 0.127 e. The largest absolute Gasteiger partial charge is 0.493 e. The first-order chi connectivity index (χ1) is 10.1. The van der Waals surface area contributed by atoms with Gasteiger partial charge in [0.1, 0.15) is 5.75 Å². The van der Waals surface area contributed by atoms with Gasteiger partial charge >= 0.3 is 0 Å². The fourth-order valence-corrected chi connectivity index (χ4v) is 3.37. The number of hydrogen-bond acceptors (Lipinski definition) is 2. The molecule has 0 saturated carbocycles. The molecule has 0 bridgehead atoms. The Labute approximate surface area is 134 Å². The molecule has 0 radical (unpaired) electrons. The predicted molar refractivity (Wildman–Crippen MR) is 91.2 cm³/mol. The summed E-state index contributed by atoms with van der Waals surface area (Å²) in [5.41, 5.74) is 4.94. The first-order valence-corrected chi connectivity index (χ1v) is 8.19. The molecule has 1 atom stereocenters. The van der Waals surface area contributed by atoms with E-state index in [1.807, 2.05) is 0 Å². The Kier molecular flexibility index (Phi) is 4.20. The molecular formula is C18H20BrNO. The van der Waals surface area contributed by atoms with Crippen molar-refractivity contribution in [2.75, 3.05) is 11.9 Å². The highest BCUT2D eigenvalue weighted by Gasteiger charge is 2.21. The van der Waals surface area contributed by atoms with Gasteiger partial charge in [-0.05, 0) is 56.0 Å². The highest BCUT2D eigenvalue weighted by atomic mass is 79.9. The Morgan fingerprint density at radius 1 is 1.14 bits per heavy atom. The van der Waals surface area contributed by atoms with Crippen molar-refractivity contribution in [3.05, 3.63) is 57.6 Å². The minimum atomic E-state index is 0.308. The Hall–Kier alpha value is -1.48. The molecule has 2 nitrogen and oxygen atoms in total. The van der Waals surface area contributed by atoms with E-state index in [1.54, 1.807) is 0 Å². The van der Waals surface area contributed by atoms with Crippen LogP contribution in [0.1, 0.15) is 35.6 Å². The van der Waals surface area contributed by atoms with Gasteiger partial charge in [0.15, 0.2) is 0 Å². The van der Waals surface area contributed by atoms with Crippen molar-refractivity contribution in [2.45, 2.75) is 32.7 Å². The summed E-state index contributed by atoms with van der Waals surface area (Å²) in [4.78, 5) is 0. The quantitative estimate of drug-likeness (QED) is 0.787. The average molecular weight is 346 g/mol. The lowest BCUT2D eigenvalue weighted by atomic mass is 9.99. The Morgan fingerprint density at radius 3 is 2.81 bits per heavy atom. The number of ether oxygens (including phenoxy) is 1. The molecule has 3 rings (SSSR count). The maximum Gasteiger partial charge on any atom is 0.127 e. The van der Waals surface area contributed by atoms with Crippen molar-refractivity contribution < 1.29 is 4.74 Å². The zero-order valence-electron chi connectivity index (χ0n) is 12.4. The van der Waals surface area contributed by atoms with E-state index in [2.05, 4.69) is 71.5 Å². The van der Waals surface area contributed by atoms with Gasteiger partial charge in [-0.2, -0.15) is 0 Å². The van der Waals surface area contributed by atoms with Crippen LogP contribution in [0.4, 0.5) is 5.69 Å². The van der Waals surface area contributed by atoms with E-state index in [4.69, 9.17) is 4.74 Å². The van der Waals surface area contributed by atoms with Crippen molar-refractivity contribution in [1.29, 1.82) is 0 Å². The lowest BCUT2D eigenvalue weighted by Gasteiger charge is -2.21. The number of rotatable bonds is 2. The molecule has 110 valence electrons. The lowest BCUT2D eigenvalue weighted by Crippen LogP contribution is -2.11. The Morgan fingerprint density at radius 2 is 2.00 bits per heavy atom. The van der Waals surface area contributed by atoms with Gasteiger partial charge < -0.3 is 10.1 Å². The zero-order chi connectivity index (χ0) is 14.8. The van der Waals surface area contributed by atoms with Crippen LogP contribution in [0.25, 0.3) is 0 Å². The molecule has 1 aliphatic rings. The van der Waals surface area contributed by atoms with Crippen LogP contribution in [0.2, 0.25) is 0 Å². The van der Waals surface area contributed by atoms with Crippen LogP contribution < -0.4 is 10.1 Å². The van der Waals surface area contributed by atoms with Crippen LogP contribution in [-0.4, -0.2) is 6.61 Å². The van der Waals surface area contributed by atoms with E-state index < -0.39 is 0 Å². The van der Waals surface area contributed by atoms with Crippen LogP contribution >= 0.6 is 15.9 Å². The summed E-state index contributed by atoms with van der Waals surface area (Å²) in [6, 6.07) is 13.1. The van der Waals surface area contributed by atoms with E-state index in [0.29, 0.717) is 6.04 Å². The maximum absolute atomic E-state index is 5.95. The summed E-state index contributed by atoms with van der Waals surface area (Å²) < 4.78 is 7.07. The topological polar surface area (TPSA) is 21.3 Å². The van der Waals surface area contributed by atoms with Crippen LogP contribution in [0.15, 0.2) is 40.9 Å². The minimum absolute atomic E-state index is 0.308. The van der Waals surface area contributed by atoms with Gasteiger partial charge in [0.05, 0.1) is 12.6 Å². The molecule has 0 amide bonds. The third kappa shape index (κ3) is 3.08. The minimum Gasteiger partial charge on any atom is -0.493 e. The van der Waals surface area contributed by atoms with Crippen molar-refractivity contribution in [3.63, 3.8) is 0 Å². The third-order valence-electron chi connectivity index (χ3n) is 4.02. The summed E-state index contributed by atoms with van der Waals surface area (Å²) in [5.74, 6) is 1.06. The van der Waals surface area contributed by atoms with Crippen LogP contribution in [0.3, 0.4) is 0 Å². The molecule has 0 aromatic heterocycles. The van der Waals surface area contributed by atoms with Gasteiger partial charge in [-0.25, -0.2) is 0 Å². The van der Waals surface area contributed by atoms with Crippen LogP contribution in [-0.2, 0) is 0 Å². The molecule has 1 heterocycles. The molecular weight excluding hydrogens is 326 g/mol. The number of benzene rings is 2. The van der Waals surface area contributed by atoms with Gasteiger partial charge in [0, 0.05) is 15.7 Å². The molecule has 3 heteroatoms. The van der Waals surface area contributed by atoms with Crippen molar-refractivity contribution >= 4 is 21.6 Å². The SMILES string of the molecule is Cc1cc(Br)ccc1NC1CCCOc2c(C)cccc21. The highest BCUT2D eigenvalue weighted by molar-refractivity contribution is 9.10. The van der Waals surface area contributed by atoms with E-state index in [9.17, 15) is 0 Å². The zero-order valence-corrected chi connectivity index (χ0v) is 14.0. The number of anilines is 1. The molecule has 0 fully saturated rings. The lowest BCUT2D eigenvalue weighted by molar-refractivity contribution is 0.314. The number of para-hydroxylation sites is 1. The molecule has 0 aliphatic carbocycles. The summed E-state index contributed by atoms with van der Waals surface area (Å²) in [6.07, 6.45) is 2.16. The second-order valence-electron chi connectivity index (χ2n) is 5.64. The molecule has 2 aromatic carbocycles. The number of fused-ring (bicyclic) bond motifs is 1. The fourth-order valence-electron chi connectivity index (χ4n) is 2.89. The normalized spacial score (nSPS) is 17.6. The van der Waals surface area contributed by atoms with Gasteiger partial charge in [0.25, 0.3) is 0 Å². The van der Waals surface area contributed by atoms with Gasteiger partial charge in [-0.3, -0.25) is 0 Å². The van der Waals surface area contributed by atoms with E-state index >= 15 is 0 Å². The van der Waals surface area contributed by atoms with Crippen molar-refractivity contribution in [1.82, 2.24) is 0 Å². The maximum atomic E-state index is 5.95. The molecule has 1 N–H and O–H groups in total. The van der Waals surface area contributed by atoms with E-state index in [0.717, 1.165) is 29.7 Å². The van der Waals surface area contributed by atoms with Crippen LogP contribution in [0, 0.1) is 13.8 Å². The van der Waals surface area contributed by atoms with Crippen molar-refractivity contribution in [3.8, 4) is 5.75 Å². The number of halogens is 1. The highest BCUT2D eigenvalue weighted by Crippen LogP contribution is 2.36. The summed E-state index contributed by atoms with van der Waals surface area (Å²) >= 11 is 3.52. The van der Waals surface area contributed by atoms with Gasteiger partial charge in [0.2, 0.25) is 0 Å². The summed E-state index contributed by atoms with van der Waals surface area (Å²) in [7, 11) is 0. The van der Waals surface area contributed by atoms with E-state index in [1.165, 1.54) is 22.4 Å². The molecule has 1 aliphatic heterocycles. The molecule has 21 heavy (non-hydrogen) atoms. The predicted octanol–water partition coefficient (Wildman–Crippen LogP) is 5.39. The van der Waals surface area contributed by atoms with Crippen molar-refractivity contribution in [2.24, 2.45) is 0 Å². The average Bonchev–Trinajstić information content (AvgIpc) is 2.66.